The lowest BCUT2D eigenvalue weighted by molar-refractivity contribution is -0.150. The Morgan fingerprint density at radius 1 is 0.774 bits per heavy atom. The van der Waals surface area contributed by atoms with Gasteiger partial charge < -0.3 is 9.47 Å². The average Bonchev–Trinajstić information content (AvgIpc) is 3.43. The van der Waals surface area contributed by atoms with E-state index in [-0.39, 0.29) is 31.5 Å². The Hall–Kier alpha value is -3.99. The number of hydrogen-bond donors (Lipinski definition) is 0. The van der Waals surface area contributed by atoms with Gasteiger partial charge in [-0.05, 0) is 48.5 Å². The maximum atomic E-state index is 13.0. The Labute approximate surface area is 174 Å². The molecule has 0 spiro atoms. The Bertz CT molecular complexity index is 1160. The predicted octanol–water partition coefficient (Wildman–Crippen LogP) is 2.39. The van der Waals surface area contributed by atoms with Crippen molar-refractivity contribution in [2.45, 2.75) is 13.2 Å². The van der Waals surface area contributed by atoms with Gasteiger partial charge in [-0.15, -0.1) is 10.2 Å². The number of nitrogens with zero attached hydrogens (tertiary/aromatic N) is 6. The normalized spacial score (nSPS) is 10.9. The lowest BCUT2D eigenvalue weighted by Gasteiger charge is -2.03. The third kappa shape index (κ3) is 5.34. The van der Waals surface area contributed by atoms with Gasteiger partial charge in [0.2, 0.25) is 0 Å². The lowest BCUT2D eigenvalue weighted by atomic mass is 10.3. The lowest BCUT2D eigenvalue weighted by Crippen LogP contribution is -2.12. The highest BCUT2D eigenvalue weighted by Gasteiger charge is 2.09. The molecule has 0 N–H and O–H groups in total. The van der Waals surface area contributed by atoms with E-state index in [4.69, 9.17) is 9.47 Å². The van der Waals surface area contributed by atoms with E-state index in [0.29, 0.717) is 22.8 Å². The van der Waals surface area contributed by atoms with Crippen molar-refractivity contribution in [2.24, 2.45) is 0 Å². The molecule has 0 amide bonds. The SMILES string of the molecule is O=C(COCc1cn(-c2ccc(F)cc2)nn1)OCc1cn(-c2ccc(F)cc2)nn1. The van der Waals surface area contributed by atoms with E-state index in [1.807, 2.05) is 0 Å². The molecule has 0 saturated carbocycles. The van der Waals surface area contributed by atoms with Gasteiger partial charge in [-0.1, -0.05) is 10.4 Å². The number of halogens is 2. The molecule has 158 valence electrons. The highest BCUT2D eigenvalue weighted by molar-refractivity contribution is 5.70. The van der Waals surface area contributed by atoms with Crippen LogP contribution in [-0.2, 0) is 27.5 Å². The summed E-state index contributed by atoms with van der Waals surface area (Å²) in [6.45, 7) is -0.309. The molecule has 2 aromatic heterocycles. The number of carbonyl (C=O) groups excluding carboxylic acids is 1. The third-order valence-electron chi connectivity index (χ3n) is 4.11. The van der Waals surface area contributed by atoms with Crippen LogP contribution >= 0.6 is 0 Å². The number of esters is 1. The molecule has 0 atom stereocenters. The summed E-state index contributed by atoms with van der Waals surface area (Å²) in [4.78, 5) is 11.9. The minimum absolute atomic E-state index is 0.0526. The standard InChI is InChI=1S/C20H16F2N6O3/c21-14-1-5-18(6-2-14)27-9-16(23-25-27)11-30-13-20(29)31-12-17-10-28(26-24-17)19-7-3-15(22)4-8-19/h1-10H,11-13H2. The summed E-state index contributed by atoms with van der Waals surface area (Å²) in [6.07, 6.45) is 3.20. The molecule has 0 fully saturated rings. The topological polar surface area (TPSA) is 97.0 Å². The molecule has 4 aromatic rings. The predicted molar refractivity (Wildman–Crippen MR) is 102 cm³/mol. The Kier molecular flexibility index (Phi) is 6.03. The van der Waals surface area contributed by atoms with Gasteiger partial charge in [0.15, 0.2) is 0 Å². The van der Waals surface area contributed by atoms with Crippen LogP contribution in [0.5, 0.6) is 0 Å². The van der Waals surface area contributed by atoms with Gasteiger partial charge in [0, 0.05) is 0 Å². The molecular weight excluding hydrogens is 410 g/mol. The number of ether oxygens (including phenoxy) is 2. The molecular formula is C20H16F2N6O3. The van der Waals surface area contributed by atoms with Crippen molar-refractivity contribution >= 4 is 5.97 Å². The molecule has 11 heteroatoms. The molecule has 0 saturated heterocycles. The highest BCUT2D eigenvalue weighted by atomic mass is 19.1. The summed E-state index contributed by atoms with van der Waals surface area (Å²) in [5.41, 5.74) is 2.20. The van der Waals surface area contributed by atoms with Crippen molar-refractivity contribution in [2.75, 3.05) is 6.61 Å². The zero-order valence-electron chi connectivity index (χ0n) is 16.1. The van der Waals surface area contributed by atoms with Crippen LogP contribution in [-0.4, -0.2) is 42.6 Å². The maximum Gasteiger partial charge on any atom is 0.332 e. The van der Waals surface area contributed by atoms with Gasteiger partial charge in [0.05, 0.1) is 30.4 Å². The molecule has 2 heterocycles. The summed E-state index contributed by atoms with van der Waals surface area (Å²) >= 11 is 0. The van der Waals surface area contributed by atoms with Gasteiger partial charge in [-0.25, -0.2) is 22.9 Å². The molecule has 0 aliphatic heterocycles. The van der Waals surface area contributed by atoms with E-state index in [1.165, 1.54) is 33.6 Å². The van der Waals surface area contributed by atoms with Crippen molar-refractivity contribution in [3.05, 3.63) is 83.9 Å². The average molecular weight is 426 g/mol. The van der Waals surface area contributed by atoms with Gasteiger partial charge in [0.25, 0.3) is 0 Å². The fourth-order valence-electron chi connectivity index (χ4n) is 2.60. The van der Waals surface area contributed by atoms with E-state index in [9.17, 15) is 13.6 Å². The second-order valence-electron chi connectivity index (χ2n) is 6.42. The summed E-state index contributed by atoms with van der Waals surface area (Å²) in [6, 6.07) is 11.5. The fourth-order valence-corrected chi connectivity index (χ4v) is 2.60. The van der Waals surface area contributed by atoms with Gasteiger partial charge in [-0.3, -0.25) is 0 Å². The molecule has 31 heavy (non-hydrogen) atoms. The van der Waals surface area contributed by atoms with Crippen LogP contribution < -0.4 is 0 Å². The highest BCUT2D eigenvalue weighted by Crippen LogP contribution is 2.10. The van der Waals surface area contributed by atoms with E-state index < -0.39 is 5.97 Å². The van der Waals surface area contributed by atoms with Crippen molar-refractivity contribution in [1.29, 1.82) is 0 Å². The maximum absolute atomic E-state index is 13.0. The Balaban J connectivity index is 1.21. The van der Waals surface area contributed by atoms with Crippen LogP contribution in [0.25, 0.3) is 11.4 Å². The van der Waals surface area contributed by atoms with Crippen molar-refractivity contribution in [1.82, 2.24) is 30.0 Å². The van der Waals surface area contributed by atoms with Crippen molar-refractivity contribution < 1.29 is 23.0 Å². The number of benzene rings is 2. The van der Waals surface area contributed by atoms with E-state index in [1.54, 1.807) is 36.7 Å². The van der Waals surface area contributed by atoms with Gasteiger partial charge in [-0.2, -0.15) is 0 Å². The number of aromatic nitrogens is 6. The first kappa shape index (κ1) is 20.3. The quantitative estimate of drug-likeness (QED) is 0.399. The fraction of sp³-hybridized carbons (Fsp3) is 0.150. The molecule has 0 aliphatic carbocycles. The minimum atomic E-state index is -0.581. The first-order chi connectivity index (χ1) is 15.1. The monoisotopic (exact) mass is 426 g/mol. The summed E-state index contributed by atoms with van der Waals surface area (Å²) in [5, 5.41) is 15.7. The van der Waals surface area contributed by atoms with Crippen LogP contribution in [0.2, 0.25) is 0 Å². The van der Waals surface area contributed by atoms with Crippen molar-refractivity contribution in [3.63, 3.8) is 0 Å². The third-order valence-corrected chi connectivity index (χ3v) is 4.11. The second-order valence-corrected chi connectivity index (χ2v) is 6.42. The van der Waals surface area contributed by atoms with E-state index >= 15 is 0 Å². The number of rotatable bonds is 8. The van der Waals surface area contributed by atoms with Crippen LogP contribution in [0, 0.1) is 11.6 Å². The minimum Gasteiger partial charge on any atom is -0.457 e. The molecule has 4 rings (SSSR count). The summed E-state index contributed by atoms with van der Waals surface area (Å²) in [7, 11) is 0. The number of carbonyl (C=O) groups is 1. The van der Waals surface area contributed by atoms with Crippen LogP contribution in [0.1, 0.15) is 11.4 Å². The molecule has 0 bridgehead atoms. The second kappa shape index (κ2) is 9.22. The van der Waals surface area contributed by atoms with E-state index in [0.717, 1.165) is 0 Å². The first-order valence-corrected chi connectivity index (χ1v) is 9.14. The van der Waals surface area contributed by atoms with Crippen LogP contribution in [0.15, 0.2) is 60.9 Å². The van der Waals surface area contributed by atoms with Crippen molar-refractivity contribution in [3.8, 4) is 11.4 Å². The smallest absolute Gasteiger partial charge is 0.332 e. The zero-order valence-corrected chi connectivity index (χ0v) is 16.1. The van der Waals surface area contributed by atoms with Gasteiger partial charge >= 0.3 is 5.97 Å². The summed E-state index contributed by atoms with van der Waals surface area (Å²) < 4.78 is 39.3. The van der Waals surface area contributed by atoms with E-state index in [2.05, 4.69) is 20.6 Å². The Morgan fingerprint density at radius 3 is 1.77 bits per heavy atom. The molecule has 0 aliphatic rings. The van der Waals surface area contributed by atoms with Crippen LogP contribution in [0.3, 0.4) is 0 Å². The largest absolute Gasteiger partial charge is 0.457 e. The molecule has 9 nitrogen and oxygen atoms in total. The van der Waals surface area contributed by atoms with Crippen LogP contribution in [0.4, 0.5) is 8.78 Å². The molecule has 0 unspecified atom stereocenters. The molecule has 0 radical (unpaired) electrons. The summed E-state index contributed by atoms with van der Waals surface area (Å²) in [5.74, 6) is -1.28. The molecule has 2 aromatic carbocycles. The first-order valence-electron chi connectivity index (χ1n) is 9.14. The van der Waals surface area contributed by atoms with Gasteiger partial charge in [0.1, 0.15) is 36.2 Å². The Morgan fingerprint density at radius 2 is 1.26 bits per heavy atom. The zero-order chi connectivity index (χ0) is 21.6. The number of hydrogen-bond acceptors (Lipinski definition) is 7.